The van der Waals surface area contributed by atoms with Gasteiger partial charge in [0.05, 0.1) is 30.3 Å². The number of fused-ring (bicyclic) bond motifs is 5. The number of phenolic OH excluding ortho intramolecular Hbond substituents is 1. The first-order valence-electron chi connectivity index (χ1n) is 20.0. The Morgan fingerprint density at radius 1 is 0.855 bits per heavy atom. The second-order valence-electron chi connectivity index (χ2n) is 15.3. The fraction of sp³-hybridized carbons (Fsp3) is 0.422. The molecule has 290 valence electrons. The van der Waals surface area contributed by atoms with Crippen molar-refractivity contribution in [2.24, 2.45) is 5.92 Å². The van der Waals surface area contributed by atoms with E-state index < -0.39 is 18.2 Å². The largest absolute Gasteiger partial charge is 0.506 e. The van der Waals surface area contributed by atoms with E-state index in [2.05, 4.69) is 45.5 Å². The normalized spacial score (nSPS) is 19.0. The van der Waals surface area contributed by atoms with Gasteiger partial charge < -0.3 is 35.3 Å². The molecule has 0 aliphatic carbocycles. The van der Waals surface area contributed by atoms with Crippen molar-refractivity contribution in [3.63, 3.8) is 0 Å². The van der Waals surface area contributed by atoms with Crippen LogP contribution in [0.5, 0.6) is 11.5 Å². The molecule has 4 aromatic carbocycles. The molecule has 3 saturated heterocycles. The van der Waals surface area contributed by atoms with E-state index in [9.17, 15) is 24.9 Å². The highest BCUT2D eigenvalue weighted by molar-refractivity contribution is 5.88. The van der Waals surface area contributed by atoms with Gasteiger partial charge in [0.1, 0.15) is 11.5 Å². The van der Waals surface area contributed by atoms with E-state index in [-0.39, 0.29) is 17.4 Å². The molecule has 0 spiro atoms. The molecule has 0 saturated carbocycles. The highest BCUT2D eigenvalue weighted by atomic mass is 16.5. The number of benzene rings is 4. The Morgan fingerprint density at radius 2 is 1.60 bits per heavy atom. The number of ether oxygens (including phenoxy) is 1. The maximum absolute atomic E-state index is 13.2. The van der Waals surface area contributed by atoms with Crippen molar-refractivity contribution in [3.05, 3.63) is 118 Å². The summed E-state index contributed by atoms with van der Waals surface area (Å²) in [7, 11) is 0. The number of H-pyrrole nitrogens is 1. The van der Waals surface area contributed by atoms with E-state index in [4.69, 9.17) is 4.74 Å². The summed E-state index contributed by atoms with van der Waals surface area (Å²) in [5.74, 6) is 1.12. The number of hydrogen-bond acceptors (Lipinski definition) is 7. The van der Waals surface area contributed by atoms with Gasteiger partial charge in [0.15, 0.2) is 0 Å². The van der Waals surface area contributed by atoms with Gasteiger partial charge in [-0.1, -0.05) is 92.8 Å². The van der Waals surface area contributed by atoms with Crippen LogP contribution in [-0.4, -0.2) is 81.6 Å². The van der Waals surface area contributed by atoms with Gasteiger partial charge in [-0.3, -0.25) is 9.69 Å². The lowest BCUT2D eigenvalue weighted by atomic mass is 9.81. The summed E-state index contributed by atoms with van der Waals surface area (Å²) in [6, 6.07) is 28.3. The lowest BCUT2D eigenvalue weighted by Gasteiger charge is -2.50. The number of hydrogen-bond donors (Lipinski definition) is 5. The predicted molar refractivity (Wildman–Crippen MR) is 217 cm³/mol. The number of aromatic hydroxyl groups is 1. The van der Waals surface area contributed by atoms with Gasteiger partial charge in [0, 0.05) is 24.5 Å². The summed E-state index contributed by atoms with van der Waals surface area (Å²) < 4.78 is 6.28. The van der Waals surface area contributed by atoms with E-state index in [1.165, 1.54) is 12.1 Å². The van der Waals surface area contributed by atoms with Crippen molar-refractivity contribution >= 4 is 27.8 Å². The van der Waals surface area contributed by atoms with E-state index in [0.29, 0.717) is 35.5 Å². The number of carboxylic acid groups (broad SMARTS) is 1. The van der Waals surface area contributed by atoms with Crippen LogP contribution in [0.3, 0.4) is 0 Å². The summed E-state index contributed by atoms with van der Waals surface area (Å²) in [4.78, 5) is 31.7. The minimum atomic E-state index is -0.877. The summed E-state index contributed by atoms with van der Waals surface area (Å²) in [5, 5.41) is 37.9. The summed E-state index contributed by atoms with van der Waals surface area (Å²) >= 11 is 0. The summed E-state index contributed by atoms with van der Waals surface area (Å²) in [5.41, 5.74) is 2.65. The van der Waals surface area contributed by atoms with Gasteiger partial charge in [-0.25, -0.2) is 4.79 Å². The van der Waals surface area contributed by atoms with Crippen molar-refractivity contribution in [2.45, 2.75) is 76.0 Å². The van der Waals surface area contributed by atoms with Crippen LogP contribution in [0.4, 0.5) is 4.79 Å². The third-order valence-corrected chi connectivity index (χ3v) is 11.6. The van der Waals surface area contributed by atoms with E-state index in [1.807, 2.05) is 36.4 Å². The number of aromatic amines is 1. The summed E-state index contributed by atoms with van der Waals surface area (Å²) in [6.07, 6.45) is 8.07. The Hall–Kier alpha value is -4.90. The molecule has 1 aromatic heterocycles. The molecule has 5 N–H and O–H groups in total. The zero-order valence-corrected chi connectivity index (χ0v) is 31.5. The van der Waals surface area contributed by atoms with Crippen LogP contribution in [-0.2, 0) is 0 Å². The molecule has 3 fully saturated rings. The third-order valence-electron chi connectivity index (χ3n) is 11.6. The highest BCUT2D eigenvalue weighted by Gasteiger charge is 2.43. The van der Waals surface area contributed by atoms with Crippen LogP contribution in [0.1, 0.15) is 86.6 Å². The van der Waals surface area contributed by atoms with Crippen molar-refractivity contribution in [2.75, 3.05) is 39.3 Å². The Kier molecular flexibility index (Phi) is 12.7. The lowest BCUT2D eigenvalue weighted by Crippen LogP contribution is -2.59. The SMILES string of the molecule is O=C(O)N(C(c1cccc(OCCCCCCCCCNC[C@H](O)c2ccc(O)c3[nH]c(=O)ccc23)c1)c1cccc2ccccc12)[C@H]1CN2CCC1CC2. The zero-order chi connectivity index (χ0) is 38.1. The average Bonchev–Trinajstić information content (AvgIpc) is 3.20. The second-order valence-corrected chi connectivity index (χ2v) is 15.3. The van der Waals surface area contributed by atoms with Crippen molar-refractivity contribution < 1.29 is 24.9 Å². The average molecular weight is 747 g/mol. The minimum absolute atomic E-state index is 0.0128. The van der Waals surface area contributed by atoms with Gasteiger partial charge in [0.2, 0.25) is 5.56 Å². The lowest BCUT2D eigenvalue weighted by molar-refractivity contribution is -0.000618. The maximum atomic E-state index is 13.2. The molecule has 8 rings (SSSR count). The van der Waals surface area contributed by atoms with Gasteiger partial charge in [-0.2, -0.15) is 0 Å². The number of unbranched alkanes of at least 4 members (excludes halogenated alkanes) is 6. The third kappa shape index (κ3) is 9.15. The van der Waals surface area contributed by atoms with Crippen molar-refractivity contribution in [3.8, 4) is 11.5 Å². The molecule has 3 aliphatic rings. The molecule has 1 unspecified atom stereocenters. The smallest absolute Gasteiger partial charge is 0.408 e. The van der Waals surface area contributed by atoms with Crippen LogP contribution >= 0.6 is 0 Å². The van der Waals surface area contributed by atoms with Gasteiger partial charge in [0.25, 0.3) is 0 Å². The Balaban J connectivity index is 0.870. The molecule has 55 heavy (non-hydrogen) atoms. The molecule has 3 atom stereocenters. The molecule has 10 nitrogen and oxygen atoms in total. The van der Waals surface area contributed by atoms with Gasteiger partial charge in [-0.15, -0.1) is 0 Å². The maximum Gasteiger partial charge on any atom is 0.408 e. The number of rotatable bonds is 18. The summed E-state index contributed by atoms with van der Waals surface area (Å²) in [6.45, 7) is 4.69. The highest BCUT2D eigenvalue weighted by Crippen LogP contribution is 2.41. The second kappa shape index (κ2) is 18.2. The van der Waals surface area contributed by atoms with Crippen LogP contribution in [0.25, 0.3) is 21.7 Å². The predicted octanol–water partition coefficient (Wildman–Crippen LogP) is 7.98. The molecule has 4 heterocycles. The number of phenols is 1. The fourth-order valence-electron chi connectivity index (χ4n) is 8.77. The van der Waals surface area contributed by atoms with E-state index in [1.54, 1.807) is 17.0 Å². The minimum Gasteiger partial charge on any atom is -0.506 e. The first-order valence-corrected chi connectivity index (χ1v) is 20.0. The van der Waals surface area contributed by atoms with Crippen LogP contribution < -0.4 is 15.6 Å². The number of pyridine rings is 1. The molecule has 2 bridgehead atoms. The molecule has 0 radical (unpaired) electrons. The van der Waals surface area contributed by atoms with Gasteiger partial charge >= 0.3 is 6.09 Å². The fourth-order valence-corrected chi connectivity index (χ4v) is 8.77. The molecular formula is C45H54N4O6. The first kappa shape index (κ1) is 38.4. The standard InChI is InChI=1S/C45H54N4O6/c50-40-20-18-36(37-19-21-42(52)47-43(37)40)41(51)29-46-24-8-4-2-1-3-5-9-27-55-34-15-10-14-33(28-34)44(38-17-11-13-31-12-6-7-16-35(31)38)49(45(53)54)39-30-48-25-22-32(39)23-26-48/h6-7,10-21,28,32,39,41,44,46,50-51H,1-5,8-9,22-27,29-30H2,(H,47,52)(H,53,54)/t39-,41-,44?/m0/s1. The van der Waals surface area contributed by atoms with Crippen molar-refractivity contribution in [1.82, 2.24) is 20.1 Å². The Labute approximate surface area is 322 Å². The van der Waals surface area contributed by atoms with E-state index >= 15 is 0 Å². The molecule has 3 aliphatic heterocycles. The Bertz CT molecular complexity index is 2110. The number of amides is 1. The molecular weight excluding hydrogens is 693 g/mol. The molecule has 10 heteroatoms. The number of aliphatic hydroxyl groups is 1. The number of aliphatic hydroxyl groups excluding tert-OH is 1. The van der Waals surface area contributed by atoms with Crippen molar-refractivity contribution in [1.29, 1.82) is 0 Å². The molecule has 5 aromatic rings. The number of piperidine rings is 3. The number of nitrogens with zero attached hydrogens (tertiary/aromatic N) is 2. The quantitative estimate of drug-likeness (QED) is 0.0570. The number of nitrogens with one attached hydrogen (secondary N) is 2. The Morgan fingerprint density at radius 3 is 2.38 bits per heavy atom. The topological polar surface area (TPSA) is 138 Å². The monoisotopic (exact) mass is 746 g/mol. The number of carbonyl (C=O) groups is 1. The first-order chi connectivity index (χ1) is 26.9. The van der Waals surface area contributed by atoms with Crippen LogP contribution in [0.15, 0.2) is 95.8 Å². The molecule has 1 amide bonds. The number of aromatic nitrogens is 1. The zero-order valence-electron chi connectivity index (χ0n) is 31.5. The van der Waals surface area contributed by atoms with Gasteiger partial charge in [-0.05, 0) is 103 Å². The van der Waals surface area contributed by atoms with Crippen LogP contribution in [0, 0.1) is 5.92 Å². The van der Waals surface area contributed by atoms with Crippen LogP contribution in [0.2, 0.25) is 0 Å². The van der Waals surface area contributed by atoms with E-state index in [0.717, 1.165) is 112 Å².